The van der Waals surface area contributed by atoms with Crippen LogP contribution in [-0.4, -0.2) is 44.9 Å². The number of carbonyl (C=O) groups excluding carboxylic acids is 1. The lowest BCUT2D eigenvalue weighted by Crippen LogP contribution is -2.41. The summed E-state index contributed by atoms with van der Waals surface area (Å²) < 4.78 is 18.6. The fraction of sp³-hybridized carbons (Fsp3) is 0.364. The molecule has 0 unspecified atom stereocenters. The third-order valence-corrected chi connectivity index (χ3v) is 4.87. The monoisotopic (exact) mass is 432 g/mol. The van der Waals surface area contributed by atoms with Crippen molar-refractivity contribution in [3.05, 3.63) is 65.0 Å². The first-order chi connectivity index (χ1) is 14.6. The van der Waals surface area contributed by atoms with Gasteiger partial charge in [0.1, 0.15) is 11.6 Å². The summed E-state index contributed by atoms with van der Waals surface area (Å²) in [6, 6.07) is 11.8. The first-order valence-electron chi connectivity index (χ1n) is 9.78. The van der Waals surface area contributed by atoms with Crippen molar-refractivity contribution in [1.29, 1.82) is 0 Å². The number of benzene rings is 2. The van der Waals surface area contributed by atoms with Crippen molar-refractivity contribution in [2.75, 3.05) is 33.0 Å². The molecular weight excluding hydrogens is 403 g/mol. The Bertz CT molecular complexity index is 844. The van der Waals surface area contributed by atoms with Crippen LogP contribution in [-0.2, 0) is 12.3 Å². The van der Waals surface area contributed by atoms with E-state index in [4.69, 9.17) is 4.74 Å². The number of nitrogens with one attached hydrogen (secondary N) is 3. The summed E-state index contributed by atoms with van der Waals surface area (Å²) in [5.41, 5.74) is 2.53. The average Bonchev–Trinajstić information content (AvgIpc) is 2.76. The zero-order chi connectivity index (χ0) is 21.8. The zero-order valence-electron chi connectivity index (χ0n) is 17.6. The summed E-state index contributed by atoms with van der Waals surface area (Å²) in [5.74, 6) is 1.72. The standard InChI is InChI=1S/C22H29FN4O2S/c1-4-24-22(27-14-17-5-8-19(23)13-18(17)15-30-3)26-12-11-25-21(28)16-6-9-20(29-2)10-7-16/h5-10,13H,4,11-12,14-15H2,1-3H3,(H,25,28)(H2,24,26,27). The molecule has 0 aromatic heterocycles. The second-order valence-corrected chi connectivity index (χ2v) is 7.32. The van der Waals surface area contributed by atoms with E-state index in [9.17, 15) is 9.18 Å². The van der Waals surface area contributed by atoms with Crippen LogP contribution in [0.5, 0.6) is 5.75 Å². The van der Waals surface area contributed by atoms with Crippen molar-refractivity contribution < 1.29 is 13.9 Å². The molecule has 0 fully saturated rings. The third-order valence-electron chi connectivity index (χ3n) is 4.28. The molecule has 2 aromatic rings. The number of thioether (sulfide) groups is 1. The molecule has 30 heavy (non-hydrogen) atoms. The number of hydrogen-bond acceptors (Lipinski definition) is 4. The quantitative estimate of drug-likeness (QED) is 0.305. The Morgan fingerprint density at radius 2 is 1.80 bits per heavy atom. The maximum absolute atomic E-state index is 13.5. The van der Waals surface area contributed by atoms with Crippen molar-refractivity contribution in [2.45, 2.75) is 19.2 Å². The number of halogens is 1. The number of amides is 1. The number of hydrogen-bond donors (Lipinski definition) is 3. The Hall–Kier alpha value is -2.74. The van der Waals surface area contributed by atoms with Gasteiger partial charge in [-0.15, -0.1) is 0 Å². The first kappa shape index (κ1) is 23.5. The molecule has 0 bridgehead atoms. The van der Waals surface area contributed by atoms with Crippen LogP contribution >= 0.6 is 11.8 Å². The second kappa shape index (κ2) is 12.7. The van der Waals surface area contributed by atoms with E-state index >= 15 is 0 Å². The first-order valence-corrected chi connectivity index (χ1v) is 11.2. The minimum atomic E-state index is -0.232. The van der Waals surface area contributed by atoms with Gasteiger partial charge in [0.05, 0.1) is 13.7 Å². The lowest BCUT2D eigenvalue weighted by Gasteiger charge is -2.13. The Morgan fingerprint density at radius 1 is 1.07 bits per heavy atom. The number of aliphatic imine (C=N–C) groups is 1. The highest BCUT2D eigenvalue weighted by Gasteiger charge is 2.06. The summed E-state index contributed by atoms with van der Waals surface area (Å²) in [4.78, 5) is 16.8. The third kappa shape index (κ3) is 7.59. The van der Waals surface area contributed by atoms with E-state index in [1.165, 1.54) is 6.07 Å². The fourth-order valence-electron chi connectivity index (χ4n) is 2.75. The number of guanidine groups is 1. The number of methoxy groups -OCH3 is 1. The minimum Gasteiger partial charge on any atom is -0.497 e. The van der Waals surface area contributed by atoms with Crippen molar-refractivity contribution >= 4 is 23.6 Å². The number of carbonyl (C=O) groups is 1. The molecule has 0 spiro atoms. The van der Waals surface area contributed by atoms with Gasteiger partial charge in [-0.3, -0.25) is 4.79 Å². The molecule has 6 nitrogen and oxygen atoms in total. The summed E-state index contributed by atoms with van der Waals surface area (Å²) in [6.07, 6.45) is 1.99. The highest BCUT2D eigenvalue weighted by atomic mass is 32.2. The molecule has 0 atom stereocenters. The molecule has 0 aliphatic carbocycles. The van der Waals surface area contributed by atoms with Gasteiger partial charge >= 0.3 is 0 Å². The van der Waals surface area contributed by atoms with Crippen LogP contribution < -0.4 is 20.7 Å². The van der Waals surface area contributed by atoms with Crippen LogP contribution in [0, 0.1) is 5.82 Å². The molecule has 2 rings (SSSR count). The van der Waals surface area contributed by atoms with Crippen molar-refractivity contribution in [3.8, 4) is 5.75 Å². The number of rotatable bonds is 10. The Kier molecular flexibility index (Phi) is 10.00. The smallest absolute Gasteiger partial charge is 0.251 e. The van der Waals surface area contributed by atoms with Gasteiger partial charge in [-0.25, -0.2) is 9.38 Å². The van der Waals surface area contributed by atoms with Crippen LogP contribution in [0.25, 0.3) is 0 Å². The topological polar surface area (TPSA) is 74.8 Å². The summed E-state index contributed by atoms with van der Waals surface area (Å²) in [7, 11) is 1.59. The van der Waals surface area contributed by atoms with Gasteiger partial charge < -0.3 is 20.7 Å². The lowest BCUT2D eigenvalue weighted by molar-refractivity contribution is 0.0954. The second-order valence-electron chi connectivity index (χ2n) is 6.45. The molecule has 0 aliphatic rings. The number of ether oxygens (including phenoxy) is 1. The van der Waals surface area contributed by atoms with Crippen LogP contribution in [0.3, 0.4) is 0 Å². The van der Waals surface area contributed by atoms with Gasteiger partial charge in [0.15, 0.2) is 5.96 Å². The van der Waals surface area contributed by atoms with Crippen LogP contribution in [0.4, 0.5) is 4.39 Å². The summed E-state index contributed by atoms with van der Waals surface area (Å²) in [5, 5.41) is 9.26. The highest BCUT2D eigenvalue weighted by molar-refractivity contribution is 7.97. The molecule has 3 N–H and O–H groups in total. The van der Waals surface area contributed by atoms with Crippen LogP contribution in [0.1, 0.15) is 28.4 Å². The largest absolute Gasteiger partial charge is 0.497 e. The van der Waals surface area contributed by atoms with Gasteiger partial charge in [-0.05, 0) is 60.7 Å². The van der Waals surface area contributed by atoms with Crippen molar-refractivity contribution in [1.82, 2.24) is 16.0 Å². The fourth-order valence-corrected chi connectivity index (χ4v) is 3.33. The van der Waals surface area contributed by atoms with Gasteiger partial charge in [0, 0.05) is 31.0 Å². The SMILES string of the molecule is CCNC(=NCc1ccc(F)cc1CSC)NCCNC(=O)c1ccc(OC)cc1. The summed E-state index contributed by atoms with van der Waals surface area (Å²) >= 11 is 1.65. The molecule has 0 radical (unpaired) electrons. The molecule has 2 aromatic carbocycles. The predicted octanol–water partition coefficient (Wildman–Crippen LogP) is 3.18. The molecule has 0 heterocycles. The van der Waals surface area contributed by atoms with E-state index in [1.54, 1.807) is 55.3 Å². The summed E-state index contributed by atoms with van der Waals surface area (Å²) in [6.45, 7) is 4.12. The van der Waals surface area contributed by atoms with Gasteiger partial charge in [0.25, 0.3) is 5.91 Å². The van der Waals surface area contributed by atoms with Gasteiger partial charge in [0.2, 0.25) is 0 Å². The average molecular weight is 433 g/mol. The van der Waals surface area contributed by atoms with Crippen LogP contribution in [0.15, 0.2) is 47.5 Å². The van der Waals surface area contributed by atoms with E-state index in [-0.39, 0.29) is 11.7 Å². The molecule has 0 saturated carbocycles. The Labute approximate surface area is 181 Å². The molecular formula is C22H29FN4O2S. The van der Waals surface area contributed by atoms with Gasteiger partial charge in [-0.2, -0.15) is 11.8 Å². The maximum Gasteiger partial charge on any atom is 0.251 e. The van der Waals surface area contributed by atoms with Crippen LogP contribution in [0.2, 0.25) is 0 Å². The minimum absolute atomic E-state index is 0.144. The van der Waals surface area contributed by atoms with Crippen molar-refractivity contribution in [2.24, 2.45) is 4.99 Å². The van der Waals surface area contributed by atoms with E-state index in [2.05, 4.69) is 20.9 Å². The molecule has 0 saturated heterocycles. The molecule has 162 valence electrons. The Morgan fingerprint density at radius 3 is 2.47 bits per heavy atom. The van der Waals surface area contributed by atoms with E-state index in [0.717, 1.165) is 16.9 Å². The molecule has 8 heteroatoms. The van der Waals surface area contributed by atoms with Gasteiger partial charge in [-0.1, -0.05) is 6.07 Å². The number of nitrogens with zero attached hydrogens (tertiary/aromatic N) is 1. The van der Waals surface area contributed by atoms with Crippen molar-refractivity contribution in [3.63, 3.8) is 0 Å². The van der Waals surface area contributed by atoms with E-state index < -0.39 is 0 Å². The van der Waals surface area contributed by atoms with E-state index in [0.29, 0.717) is 43.5 Å². The lowest BCUT2D eigenvalue weighted by atomic mass is 10.1. The predicted molar refractivity (Wildman–Crippen MR) is 122 cm³/mol. The normalized spacial score (nSPS) is 11.1. The molecule has 1 amide bonds. The highest BCUT2D eigenvalue weighted by Crippen LogP contribution is 2.17. The Balaban J connectivity index is 1.87. The zero-order valence-corrected chi connectivity index (χ0v) is 18.4. The van der Waals surface area contributed by atoms with E-state index in [1.807, 2.05) is 13.2 Å². The molecule has 0 aliphatic heterocycles. The maximum atomic E-state index is 13.5.